The predicted octanol–water partition coefficient (Wildman–Crippen LogP) is 1.45. The van der Waals surface area contributed by atoms with Crippen molar-refractivity contribution in [2.75, 3.05) is 19.1 Å². The first-order valence-electron chi connectivity index (χ1n) is 4.94. The molecule has 1 rings (SSSR count). The summed E-state index contributed by atoms with van der Waals surface area (Å²) < 4.78 is 5.35. The Labute approximate surface area is 90.8 Å². The summed E-state index contributed by atoms with van der Waals surface area (Å²) in [6.45, 7) is 6.71. The van der Waals surface area contributed by atoms with E-state index in [0.717, 1.165) is 22.6 Å². The van der Waals surface area contributed by atoms with Gasteiger partial charge in [-0.3, -0.25) is 5.84 Å². The Morgan fingerprint density at radius 1 is 1.27 bits per heavy atom. The van der Waals surface area contributed by atoms with Crippen molar-refractivity contribution in [1.82, 2.24) is 5.43 Å². The number of hydrazine groups is 1. The summed E-state index contributed by atoms with van der Waals surface area (Å²) >= 11 is 0. The van der Waals surface area contributed by atoms with Crippen molar-refractivity contribution < 1.29 is 4.74 Å². The molecule has 15 heavy (non-hydrogen) atoms. The van der Waals surface area contributed by atoms with Crippen LogP contribution < -0.4 is 21.3 Å². The highest BCUT2D eigenvalue weighted by atomic mass is 16.5. The summed E-state index contributed by atoms with van der Waals surface area (Å²) in [5.41, 5.74) is 7.13. The van der Waals surface area contributed by atoms with E-state index in [2.05, 4.69) is 30.7 Å². The molecule has 0 atom stereocenters. The first-order chi connectivity index (χ1) is 7.11. The smallest absolute Gasteiger partial charge is 0.125 e. The van der Waals surface area contributed by atoms with E-state index in [-0.39, 0.29) is 0 Å². The fraction of sp³-hybridized carbons (Fsp3) is 0.455. The highest BCUT2D eigenvalue weighted by Crippen LogP contribution is 2.31. The summed E-state index contributed by atoms with van der Waals surface area (Å²) in [6, 6.07) is 2.07. The molecule has 0 saturated carbocycles. The summed E-state index contributed by atoms with van der Waals surface area (Å²) in [4.78, 5) is 0. The molecule has 0 aliphatic heterocycles. The van der Waals surface area contributed by atoms with Crippen molar-refractivity contribution in [2.45, 2.75) is 20.8 Å². The number of nitrogens with one attached hydrogen (secondary N) is 2. The van der Waals surface area contributed by atoms with Gasteiger partial charge in [-0.05, 0) is 43.5 Å². The highest BCUT2D eigenvalue weighted by molar-refractivity contribution is 5.61. The van der Waals surface area contributed by atoms with Crippen LogP contribution in [-0.2, 0) is 0 Å². The topological polar surface area (TPSA) is 59.3 Å². The molecule has 4 heteroatoms. The number of methoxy groups -OCH3 is 1. The van der Waals surface area contributed by atoms with Gasteiger partial charge in [-0.15, -0.1) is 0 Å². The standard InChI is InChI=1S/C11H19N3O/c1-7-5-10(13-6-14-12)8(2)9(3)11(7)15-4/h5,13-14H,6,12H2,1-4H3. The van der Waals surface area contributed by atoms with Crippen molar-refractivity contribution in [3.05, 3.63) is 22.8 Å². The van der Waals surface area contributed by atoms with E-state index in [1.807, 2.05) is 6.92 Å². The Morgan fingerprint density at radius 3 is 2.47 bits per heavy atom. The molecule has 84 valence electrons. The number of anilines is 1. The van der Waals surface area contributed by atoms with Gasteiger partial charge in [-0.1, -0.05) is 0 Å². The molecule has 0 fully saturated rings. The lowest BCUT2D eigenvalue weighted by atomic mass is 10.0. The van der Waals surface area contributed by atoms with Crippen molar-refractivity contribution in [2.24, 2.45) is 5.84 Å². The fourth-order valence-electron chi connectivity index (χ4n) is 1.70. The number of hydrogen-bond acceptors (Lipinski definition) is 4. The molecule has 0 saturated heterocycles. The molecule has 4 nitrogen and oxygen atoms in total. The van der Waals surface area contributed by atoms with Gasteiger partial charge in [0.1, 0.15) is 5.75 Å². The Balaban J connectivity index is 3.10. The SMILES string of the molecule is COc1c(C)cc(NCNN)c(C)c1C. The number of aryl methyl sites for hydroxylation is 1. The first-order valence-corrected chi connectivity index (χ1v) is 4.94. The number of hydrogen-bond donors (Lipinski definition) is 3. The minimum absolute atomic E-state index is 0.548. The van der Waals surface area contributed by atoms with Gasteiger partial charge in [0.25, 0.3) is 0 Å². The second-order valence-electron chi connectivity index (χ2n) is 3.58. The van der Waals surface area contributed by atoms with Gasteiger partial charge in [0.05, 0.1) is 13.8 Å². The van der Waals surface area contributed by atoms with Crippen LogP contribution in [0.5, 0.6) is 5.75 Å². The van der Waals surface area contributed by atoms with E-state index in [9.17, 15) is 0 Å². The molecule has 0 bridgehead atoms. The average Bonchev–Trinajstić information content (AvgIpc) is 2.22. The van der Waals surface area contributed by atoms with E-state index in [1.54, 1.807) is 7.11 Å². The third-order valence-corrected chi connectivity index (χ3v) is 2.61. The predicted molar refractivity (Wildman–Crippen MR) is 63.0 cm³/mol. The Morgan fingerprint density at radius 2 is 1.93 bits per heavy atom. The maximum absolute atomic E-state index is 5.35. The van der Waals surface area contributed by atoms with E-state index in [4.69, 9.17) is 10.6 Å². The van der Waals surface area contributed by atoms with Crippen LogP contribution in [0.15, 0.2) is 6.07 Å². The van der Waals surface area contributed by atoms with E-state index in [0.29, 0.717) is 6.67 Å². The second-order valence-corrected chi connectivity index (χ2v) is 3.58. The molecule has 0 radical (unpaired) electrons. The third kappa shape index (κ3) is 2.40. The number of nitrogens with two attached hydrogens (primary N) is 1. The molecule has 0 heterocycles. The normalized spacial score (nSPS) is 10.2. The Kier molecular flexibility index (Phi) is 3.94. The van der Waals surface area contributed by atoms with E-state index < -0.39 is 0 Å². The molecule has 0 aliphatic carbocycles. The largest absolute Gasteiger partial charge is 0.496 e. The van der Waals surface area contributed by atoms with Crippen molar-refractivity contribution in [3.8, 4) is 5.75 Å². The first kappa shape index (κ1) is 11.8. The second kappa shape index (κ2) is 5.00. The number of ether oxygens (including phenoxy) is 1. The van der Waals surface area contributed by atoms with Crippen molar-refractivity contribution in [1.29, 1.82) is 0 Å². The molecule has 1 aromatic carbocycles. The molecule has 0 amide bonds. The molecule has 0 unspecified atom stereocenters. The molecular formula is C11H19N3O. The van der Waals surface area contributed by atoms with Crippen LogP contribution in [0.3, 0.4) is 0 Å². The summed E-state index contributed by atoms with van der Waals surface area (Å²) in [5, 5.41) is 3.20. The lowest BCUT2D eigenvalue weighted by Crippen LogP contribution is -2.28. The number of benzene rings is 1. The average molecular weight is 209 g/mol. The van der Waals surface area contributed by atoms with Crippen LogP contribution in [0.1, 0.15) is 16.7 Å². The Hall–Kier alpha value is -1.26. The zero-order valence-corrected chi connectivity index (χ0v) is 9.77. The van der Waals surface area contributed by atoms with Crippen LogP contribution in [0.2, 0.25) is 0 Å². The minimum atomic E-state index is 0.548. The van der Waals surface area contributed by atoms with Gasteiger partial charge in [0.15, 0.2) is 0 Å². The molecule has 0 aromatic heterocycles. The molecule has 1 aromatic rings. The maximum Gasteiger partial charge on any atom is 0.125 e. The zero-order valence-electron chi connectivity index (χ0n) is 9.77. The van der Waals surface area contributed by atoms with Gasteiger partial charge in [-0.2, -0.15) is 0 Å². The summed E-state index contributed by atoms with van der Waals surface area (Å²) in [5.74, 6) is 6.18. The lowest BCUT2D eigenvalue weighted by Gasteiger charge is -2.16. The van der Waals surface area contributed by atoms with E-state index in [1.165, 1.54) is 5.56 Å². The van der Waals surface area contributed by atoms with Crippen LogP contribution in [-0.4, -0.2) is 13.8 Å². The van der Waals surface area contributed by atoms with Crippen molar-refractivity contribution >= 4 is 5.69 Å². The molecule has 0 aliphatic rings. The maximum atomic E-state index is 5.35. The molecule has 0 spiro atoms. The Bertz CT molecular complexity index is 350. The summed E-state index contributed by atoms with van der Waals surface area (Å²) in [7, 11) is 1.70. The van der Waals surface area contributed by atoms with Crippen molar-refractivity contribution in [3.63, 3.8) is 0 Å². The summed E-state index contributed by atoms with van der Waals surface area (Å²) in [6.07, 6.45) is 0. The van der Waals surface area contributed by atoms with Crippen LogP contribution in [0.25, 0.3) is 0 Å². The highest BCUT2D eigenvalue weighted by Gasteiger charge is 2.09. The monoisotopic (exact) mass is 209 g/mol. The molecular weight excluding hydrogens is 190 g/mol. The van der Waals surface area contributed by atoms with Gasteiger partial charge in [0, 0.05) is 5.69 Å². The van der Waals surface area contributed by atoms with Gasteiger partial charge in [0.2, 0.25) is 0 Å². The van der Waals surface area contributed by atoms with Gasteiger partial charge in [-0.25, -0.2) is 5.43 Å². The quantitative estimate of drug-likeness (QED) is 0.399. The third-order valence-electron chi connectivity index (χ3n) is 2.61. The van der Waals surface area contributed by atoms with Crippen LogP contribution in [0.4, 0.5) is 5.69 Å². The van der Waals surface area contributed by atoms with Gasteiger partial charge < -0.3 is 10.1 Å². The fourth-order valence-corrected chi connectivity index (χ4v) is 1.70. The van der Waals surface area contributed by atoms with E-state index >= 15 is 0 Å². The lowest BCUT2D eigenvalue weighted by molar-refractivity contribution is 0.408. The number of rotatable bonds is 4. The minimum Gasteiger partial charge on any atom is -0.496 e. The van der Waals surface area contributed by atoms with Crippen LogP contribution >= 0.6 is 0 Å². The molecule has 4 N–H and O–H groups in total. The zero-order chi connectivity index (χ0) is 11.4. The van der Waals surface area contributed by atoms with Crippen LogP contribution in [0, 0.1) is 20.8 Å². The van der Waals surface area contributed by atoms with Gasteiger partial charge >= 0.3 is 0 Å².